The third-order valence-electron chi connectivity index (χ3n) is 4.21. The van der Waals surface area contributed by atoms with Gasteiger partial charge in [-0.25, -0.2) is 0 Å². The monoisotopic (exact) mass is 350 g/mol. The summed E-state index contributed by atoms with van der Waals surface area (Å²) in [7, 11) is -2.85. The molecule has 0 radical (unpaired) electrons. The lowest BCUT2D eigenvalue weighted by Gasteiger charge is -2.36. The quantitative estimate of drug-likeness (QED) is 0.218. The van der Waals surface area contributed by atoms with Crippen LogP contribution in [0, 0.1) is 11.5 Å². The summed E-state index contributed by atoms with van der Waals surface area (Å²) in [4.78, 5) is 0. The summed E-state index contributed by atoms with van der Waals surface area (Å²) in [5, 5.41) is 0.293. The molecule has 0 amide bonds. The third-order valence-corrected chi connectivity index (χ3v) is 9.68. The van der Waals surface area contributed by atoms with Crippen LogP contribution >= 0.6 is 0 Å². The molecule has 0 N–H and O–H groups in total. The first-order valence-corrected chi connectivity index (χ1v) is 15.1. The highest BCUT2D eigenvalue weighted by Crippen LogP contribution is 2.36. The van der Waals surface area contributed by atoms with Crippen LogP contribution in [0.1, 0.15) is 47.0 Å². The van der Waals surface area contributed by atoms with Crippen molar-refractivity contribution in [2.45, 2.75) is 84.7 Å². The van der Waals surface area contributed by atoms with Gasteiger partial charge in [-0.1, -0.05) is 58.6 Å². The van der Waals surface area contributed by atoms with Crippen LogP contribution in [0.4, 0.5) is 0 Å². The maximum atomic E-state index is 6.22. The predicted molar refractivity (Wildman–Crippen MR) is 111 cm³/mol. The molecule has 0 saturated carbocycles. The van der Waals surface area contributed by atoms with Gasteiger partial charge in [0.25, 0.3) is 0 Å². The summed E-state index contributed by atoms with van der Waals surface area (Å²) >= 11 is 0. The molecule has 0 atom stereocenters. The number of hydrogen-bond donors (Lipinski definition) is 0. The van der Waals surface area contributed by atoms with Gasteiger partial charge in [-0.3, -0.25) is 0 Å². The summed E-state index contributed by atoms with van der Waals surface area (Å²) in [5.41, 5.74) is 5.89. The molecule has 0 heterocycles. The first-order valence-electron chi connectivity index (χ1n) is 8.73. The average Bonchev–Trinajstić information content (AvgIpc) is 2.31. The van der Waals surface area contributed by atoms with Crippen LogP contribution in [0.5, 0.6) is 0 Å². The van der Waals surface area contributed by atoms with Crippen molar-refractivity contribution in [3.63, 3.8) is 0 Å². The highest BCUT2D eigenvalue weighted by molar-refractivity contribution is 6.83. The number of rotatable bonds is 7. The Labute approximate surface area is 147 Å². The van der Waals surface area contributed by atoms with Gasteiger partial charge >= 0.3 is 0 Å². The molecule has 0 aliphatic heterocycles. The molecule has 0 bridgehead atoms. The van der Waals surface area contributed by atoms with Gasteiger partial charge in [0.2, 0.25) is 0 Å². The molecule has 0 spiro atoms. The zero-order valence-corrected chi connectivity index (χ0v) is 19.0. The van der Waals surface area contributed by atoms with Gasteiger partial charge in [0.1, 0.15) is 8.07 Å². The maximum absolute atomic E-state index is 6.22. The lowest BCUT2D eigenvalue weighted by molar-refractivity contribution is 0.282. The van der Waals surface area contributed by atoms with E-state index in [1.165, 1.54) is 5.57 Å². The van der Waals surface area contributed by atoms with Crippen molar-refractivity contribution in [1.82, 2.24) is 0 Å². The van der Waals surface area contributed by atoms with E-state index in [-0.39, 0.29) is 0 Å². The van der Waals surface area contributed by atoms with E-state index in [1.54, 1.807) is 0 Å². The number of hydrogen-bond acceptors (Lipinski definition) is 1. The van der Waals surface area contributed by atoms with Crippen molar-refractivity contribution >= 4 is 16.4 Å². The normalized spacial score (nSPS) is 13.5. The molecular weight excluding hydrogens is 312 g/mol. The highest BCUT2D eigenvalue weighted by Gasteiger charge is 2.36. The van der Waals surface area contributed by atoms with E-state index >= 15 is 0 Å². The van der Waals surface area contributed by atoms with Gasteiger partial charge in [-0.05, 0) is 43.5 Å². The molecule has 0 aromatic carbocycles. The lowest BCUT2D eigenvalue weighted by Crippen LogP contribution is -2.40. The van der Waals surface area contributed by atoms with Gasteiger partial charge in [0.05, 0.1) is 0 Å². The summed E-state index contributed by atoms with van der Waals surface area (Å²) in [6, 6.07) is 0. The maximum Gasteiger partial charge on any atom is 0.191 e. The Bertz CT molecular complexity index is 476. The van der Waals surface area contributed by atoms with Gasteiger partial charge in [-0.2, -0.15) is 0 Å². The Morgan fingerprint density at radius 3 is 2.17 bits per heavy atom. The molecule has 3 heteroatoms. The minimum Gasteiger partial charge on any atom is -0.417 e. The van der Waals surface area contributed by atoms with Crippen molar-refractivity contribution in [3.05, 3.63) is 23.8 Å². The van der Waals surface area contributed by atoms with Crippen molar-refractivity contribution in [1.29, 1.82) is 0 Å². The van der Waals surface area contributed by atoms with Crippen molar-refractivity contribution in [2.24, 2.45) is 0 Å². The van der Waals surface area contributed by atoms with E-state index in [9.17, 15) is 0 Å². The summed E-state index contributed by atoms with van der Waals surface area (Å²) in [6.07, 6.45) is 5.16. The fraction of sp³-hybridized carbons (Fsp3) is 0.700. The minimum atomic E-state index is -1.60. The standard InChI is InChI=1S/C20H38OSi2/c1-18(17-19(2)14-12-16-22(6,7)8)13-11-15-21-23(9,10)20(3,4)5/h17H,2,11,13-15H2,1,3-10H3/b18-17+. The van der Waals surface area contributed by atoms with Crippen LogP contribution in [0.15, 0.2) is 23.8 Å². The van der Waals surface area contributed by atoms with Crippen LogP contribution in [0.2, 0.25) is 37.8 Å². The predicted octanol–water partition coefficient (Wildman–Crippen LogP) is 6.56. The Morgan fingerprint density at radius 1 is 1.13 bits per heavy atom. The molecule has 0 aromatic heterocycles. The summed E-state index contributed by atoms with van der Waals surface area (Å²) < 4.78 is 6.22. The second-order valence-corrected chi connectivity index (χ2v) is 18.6. The topological polar surface area (TPSA) is 9.23 Å². The summed E-state index contributed by atoms with van der Waals surface area (Å²) in [5.74, 6) is 3.28. The molecule has 0 saturated heterocycles. The minimum absolute atomic E-state index is 0.293. The number of allylic oxidation sites excluding steroid dienone is 3. The zero-order valence-electron chi connectivity index (χ0n) is 17.0. The second kappa shape index (κ2) is 9.06. The van der Waals surface area contributed by atoms with Crippen LogP contribution in [0.25, 0.3) is 0 Å². The van der Waals surface area contributed by atoms with Crippen LogP contribution in [0.3, 0.4) is 0 Å². The Balaban J connectivity index is 4.22. The molecule has 1 nitrogen and oxygen atoms in total. The largest absolute Gasteiger partial charge is 0.417 e. The van der Waals surface area contributed by atoms with Crippen LogP contribution < -0.4 is 0 Å². The van der Waals surface area contributed by atoms with Crippen LogP contribution in [-0.4, -0.2) is 23.0 Å². The summed E-state index contributed by atoms with van der Waals surface area (Å²) in [6.45, 7) is 25.5. The van der Waals surface area contributed by atoms with E-state index in [4.69, 9.17) is 4.43 Å². The van der Waals surface area contributed by atoms with E-state index in [0.29, 0.717) is 5.04 Å². The third kappa shape index (κ3) is 10.8. The SMILES string of the molecule is C=C(/C=C(\C)CCCO[Si](C)(C)C(C)(C)C)CC#C[Si](C)(C)C. The molecule has 0 aliphatic carbocycles. The first kappa shape index (κ1) is 22.4. The van der Waals surface area contributed by atoms with Crippen molar-refractivity contribution in [2.75, 3.05) is 6.61 Å². The van der Waals surface area contributed by atoms with E-state index < -0.39 is 16.4 Å². The molecule has 0 aromatic rings. The molecule has 0 fully saturated rings. The smallest absolute Gasteiger partial charge is 0.191 e. The molecule has 23 heavy (non-hydrogen) atoms. The molecule has 132 valence electrons. The second-order valence-electron chi connectivity index (χ2n) is 9.09. The highest BCUT2D eigenvalue weighted by atomic mass is 28.4. The van der Waals surface area contributed by atoms with Crippen molar-refractivity contribution < 1.29 is 4.43 Å². The molecule has 0 unspecified atom stereocenters. The molecular formula is C20H38OSi2. The van der Waals surface area contributed by atoms with Gasteiger partial charge in [0, 0.05) is 13.0 Å². The van der Waals surface area contributed by atoms with Gasteiger partial charge < -0.3 is 4.43 Å². The lowest BCUT2D eigenvalue weighted by atomic mass is 10.1. The fourth-order valence-electron chi connectivity index (χ4n) is 1.79. The molecule has 0 rings (SSSR count). The Kier molecular flexibility index (Phi) is 8.83. The van der Waals surface area contributed by atoms with Crippen molar-refractivity contribution in [3.8, 4) is 11.5 Å². The fourth-order valence-corrected chi connectivity index (χ4v) is 3.50. The Hall–Kier alpha value is -0.566. The van der Waals surface area contributed by atoms with E-state index in [1.807, 2.05) is 0 Å². The average molecular weight is 351 g/mol. The zero-order chi connectivity index (χ0) is 18.3. The first-order chi connectivity index (χ1) is 10.2. The Morgan fingerprint density at radius 2 is 1.70 bits per heavy atom. The van der Waals surface area contributed by atoms with Gasteiger partial charge in [-0.15, -0.1) is 11.5 Å². The van der Waals surface area contributed by atoms with Gasteiger partial charge in [0.15, 0.2) is 8.32 Å². The molecule has 0 aliphatic rings. The van der Waals surface area contributed by atoms with Crippen LogP contribution in [-0.2, 0) is 4.43 Å². The van der Waals surface area contributed by atoms with E-state index in [0.717, 1.165) is 31.4 Å². The van der Waals surface area contributed by atoms with E-state index in [2.05, 4.69) is 84.5 Å².